The summed E-state index contributed by atoms with van der Waals surface area (Å²) in [6, 6.07) is 8.43. The molecule has 1 saturated carbocycles. The standard InChI is InChI=1S/C21H29NO3/c1-16-6-4-8-18(14-16)21(11-2-3-12-21)20(25)22-13-5-7-17(15-22)9-10-19(23)24/h4,6,8,14,17H,2-3,5,7,9-13,15H2,1H3,(H,23,24). The molecule has 1 aromatic rings. The van der Waals surface area contributed by atoms with E-state index in [1.165, 1.54) is 11.1 Å². The van der Waals surface area contributed by atoms with Crippen molar-refractivity contribution in [1.29, 1.82) is 0 Å². The molecule has 3 rings (SSSR count). The summed E-state index contributed by atoms with van der Waals surface area (Å²) in [5, 5.41) is 8.93. The Labute approximate surface area is 150 Å². The fourth-order valence-corrected chi connectivity index (χ4v) is 4.66. The van der Waals surface area contributed by atoms with Crippen LogP contribution in [0.15, 0.2) is 24.3 Å². The summed E-state index contributed by atoms with van der Waals surface area (Å²) in [7, 11) is 0. The first kappa shape index (κ1) is 18.0. The monoisotopic (exact) mass is 343 g/mol. The molecule has 1 atom stereocenters. The Morgan fingerprint density at radius 2 is 2.00 bits per heavy atom. The van der Waals surface area contributed by atoms with E-state index < -0.39 is 5.97 Å². The number of carboxylic acids is 1. The highest BCUT2D eigenvalue weighted by Gasteiger charge is 2.45. The average molecular weight is 343 g/mol. The Balaban J connectivity index is 1.78. The molecule has 1 saturated heterocycles. The Hall–Kier alpha value is -1.84. The highest BCUT2D eigenvalue weighted by Crippen LogP contribution is 2.43. The van der Waals surface area contributed by atoms with Gasteiger partial charge in [0.05, 0.1) is 5.41 Å². The normalized spacial score (nSPS) is 22.8. The van der Waals surface area contributed by atoms with Crippen LogP contribution < -0.4 is 0 Å². The molecule has 1 aromatic carbocycles. The molecule has 2 aliphatic rings. The maximum Gasteiger partial charge on any atom is 0.303 e. The van der Waals surface area contributed by atoms with Gasteiger partial charge in [-0.15, -0.1) is 0 Å². The van der Waals surface area contributed by atoms with Gasteiger partial charge >= 0.3 is 5.97 Å². The molecule has 1 aliphatic heterocycles. The maximum atomic E-state index is 13.5. The Bertz CT molecular complexity index is 634. The average Bonchev–Trinajstić information content (AvgIpc) is 3.10. The van der Waals surface area contributed by atoms with Crippen molar-refractivity contribution in [2.24, 2.45) is 5.92 Å². The smallest absolute Gasteiger partial charge is 0.303 e. The highest BCUT2D eigenvalue weighted by molar-refractivity contribution is 5.88. The Kier molecular flexibility index (Phi) is 5.45. The second-order valence-corrected chi connectivity index (χ2v) is 7.85. The van der Waals surface area contributed by atoms with E-state index in [4.69, 9.17) is 5.11 Å². The number of carbonyl (C=O) groups is 2. The number of rotatable bonds is 5. The van der Waals surface area contributed by atoms with Crippen molar-refractivity contribution in [3.8, 4) is 0 Å². The fraction of sp³-hybridized carbons (Fsp3) is 0.619. The van der Waals surface area contributed by atoms with Crippen LogP contribution in [-0.4, -0.2) is 35.0 Å². The van der Waals surface area contributed by atoms with Crippen molar-refractivity contribution >= 4 is 11.9 Å². The zero-order valence-electron chi connectivity index (χ0n) is 15.2. The molecule has 136 valence electrons. The molecule has 4 heteroatoms. The lowest BCUT2D eigenvalue weighted by Crippen LogP contribution is -2.49. The van der Waals surface area contributed by atoms with Crippen LogP contribution in [0.4, 0.5) is 0 Å². The molecular weight excluding hydrogens is 314 g/mol. The first-order valence-corrected chi connectivity index (χ1v) is 9.59. The summed E-state index contributed by atoms with van der Waals surface area (Å²) in [5.74, 6) is -0.143. The first-order chi connectivity index (χ1) is 12.0. The van der Waals surface area contributed by atoms with E-state index in [1.54, 1.807) is 0 Å². The summed E-state index contributed by atoms with van der Waals surface area (Å²) >= 11 is 0. The second-order valence-electron chi connectivity index (χ2n) is 7.85. The molecule has 0 radical (unpaired) electrons. The van der Waals surface area contributed by atoms with Crippen LogP contribution in [0.1, 0.15) is 62.5 Å². The largest absolute Gasteiger partial charge is 0.481 e. The number of hydrogen-bond acceptors (Lipinski definition) is 2. The predicted molar refractivity (Wildman–Crippen MR) is 97.5 cm³/mol. The lowest BCUT2D eigenvalue weighted by molar-refractivity contribution is -0.139. The van der Waals surface area contributed by atoms with E-state index in [2.05, 4.69) is 31.2 Å². The van der Waals surface area contributed by atoms with Crippen molar-refractivity contribution in [2.45, 2.75) is 63.7 Å². The predicted octanol–water partition coefficient (Wildman–Crippen LogP) is 3.91. The number of aryl methyl sites for hydroxylation is 1. The van der Waals surface area contributed by atoms with Gasteiger partial charge in [0.1, 0.15) is 0 Å². The van der Waals surface area contributed by atoms with Gasteiger partial charge in [-0.3, -0.25) is 9.59 Å². The van der Waals surface area contributed by atoms with Gasteiger partial charge in [0.15, 0.2) is 0 Å². The number of aliphatic carboxylic acids is 1. The first-order valence-electron chi connectivity index (χ1n) is 9.59. The summed E-state index contributed by atoms with van der Waals surface area (Å²) in [4.78, 5) is 26.4. The minimum Gasteiger partial charge on any atom is -0.481 e. The van der Waals surface area contributed by atoms with Gasteiger partial charge < -0.3 is 10.0 Å². The zero-order chi connectivity index (χ0) is 17.9. The third-order valence-electron chi connectivity index (χ3n) is 6.01. The van der Waals surface area contributed by atoms with Gasteiger partial charge in [-0.2, -0.15) is 0 Å². The quantitative estimate of drug-likeness (QED) is 0.882. The SMILES string of the molecule is Cc1cccc(C2(C(=O)N3CCCC(CCC(=O)O)C3)CCCC2)c1. The molecule has 1 unspecified atom stereocenters. The molecular formula is C21H29NO3. The molecule has 0 bridgehead atoms. The topological polar surface area (TPSA) is 57.6 Å². The minimum absolute atomic E-state index is 0.204. The molecule has 1 aliphatic carbocycles. The number of hydrogen-bond donors (Lipinski definition) is 1. The van der Waals surface area contributed by atoms with Crippen molar-refractivity contribution in [2.75, 3.05) is 13.1 Å². The van der Waals surface area contributed by atoms with Crippen LogP contribution >= 0.6 is 0 Å². The second kappa shape index (κ2) is 7.59. The van der Waals surface area contributed by atoms with Crippen molar-refractivity contribution in [3.63, 3.8) is 0 Å². The Morgan fingerprint density at radius 1 is 1.24 bits per heavy atom. The maximum absolute atomic E-state index is 13.5. The van der Waals surface area contributed by atoms with E-state index in [0.717, 1.165) is 51.6 Å². The fourth-order valence-electron chi connectivity index (χ4n) is 4.66. The van der Waals surface area contributed by atoms with Crippen LogP contribution in [0.5, 0.6) is 0 Å². The van der Waals surface area contributed by atoms with Crippen molar-refractivity contribution in [3.05, 3.63) is 35.4 Å². The van der Waals surface area contributed by atoms with Crippen LogP contribution in [0.3, 0.4) is 0 Å². The molecule has 1 heterocycles. The lowest BCUT2D eigenvalue weighted by Gasteiger charge is -2.39. The van der Waals surface area contributed by atoms with E-state index in [1.807, 2.05) is 4.90 Å². The molecule has 25 heavy (non-hydrogen) atoms. The van der Waals surface area contributed by atoms with Crippen LogP contribution in [0.25, 0.3) is 0 Å². The third-order valence-corrected chi connectivity index (χ3v) is 6.01. The number of carbonyl (C=O) groups excluding carboxylic acids is 1. The lowest BCUT2D eigenvalue weighted by atomic mass is 9.76. The highest BCUT2D eigenvalue weighted by atomic mass is 16.4. The molecule has 1 N–H and O–H groups in total. The van der Waals surface area contributed by atoms with Crippen LogP contribution in [0, 0.1) is 12.8 Å². The molecule has 1 amide bonds. The van der Waals surface area contributed by atoms with Crippen LogP contribution in [-0.2, 0) is 15.0 Å². The van der Waals surface area contributed by atoms with E-state index >= 15 is 0 Å². The molecule has 0 spiro atoms. The molecule has 4 nitrogen and oxygen atoms in total. The van der Waals surface area contributed by atoms with E-state index in [-0.39, 0.29) is 17.7 Å². The summed E-state index contributed by atoms with van der Waals surface area (Å²) < 4.78 is 0. The number of nitrogens with zero attached hydrogens (tertiary/aromatic N) is 1. The van der Waals surface area contributed by atoms with Crippen LogP contribution in [0.2, 0.25) is 0 Å². The van der Waals surface area contributed by atoms with Crippen molar-refractivity contribution < 1.29 is 14.7 Å². The minimum atomic E-state index is -0.740. The van der Waals surface area contributed by atoms with Gasteiger partial charge in [0.2, 0.25) is 5.91 Å². The number of piperidine rings is 1. The molecule has 2 fully saturated rings. The van der Waals surface area contributed by atoms with Gasteiger partial charge in [-0.1, -0.05) is 42.7 Å². The summed E-state index contributed by atoms with van der Waals surface area (Å²) in [6.45, 7) is 3.62. The van der Waals surface area contributed by atoms with E-state index in [9.17, 15) is 9.59 Å². The van der Waals surface area contributed by atoms with Gasteiger partial charge in [0.25, 0.3) is 0 Å². The summed E-state index contributed by atoms with van der Waals surface area (Å²) in [5.41, 5.74) is 2.01. The van der Waals surface area contributed by atoms with Gasteiger partial charge in [-0.05, 0) is 50.5 Å². The Morgan fingerprint density at radius 3 is 2.68 bits per heavy atom. The number of benzene rings is 1. The summed E-state index contributed by atoms with van der Waals surface area (Å²) in [6.07, 6.45) is 6.99. The number of likely N-dealkylation sites (tertiary alicyclic amines) is 1. The van der Waals surface area contributed by atoms with Crippen molar-refractivity contribution in [1.82, 2.24) is 4.90 Å². The third kappa shape index (κ3) is 3.88. The van der Waals surface area contributed by atoms with Gasteiger partial charge in [0, 0.05) is 19.5 Å². The molecule has 0 aromatic heterocycles. The number of amides is 1. The zero-order valence-corrected chi connectivity index (χ0v) is 15.2. The number of carboxylic acid groups (broad SMARTS) is 1. The van der Waals surface area contributed by atoms with E-state index in [0.29, 0.717) is 12.3 Å². The van der Waals surface area contributed by atoms with Gasteiger partial charge in [-0.25, -0.2) is 0 Å².